The van der Waals surface area contributed by atoms with Gasteiger partial charge in [0.1, 0.15) is 5.75 Å². The highest BCUT2D eigenvalue weighted by Gasteiger charge is 2.20. The second-order valence-corrected chi connectivity index (χ2v) is 7.65. The molecule has 1 amide bonds. The van der Waals surface area contributed by atoms with E-state index in [-0.39, 0.29) is 5.91 Å². The van der Waals surface area contributed by atoms with E-state index in [1.54, 1.807) is 7.11 Å². The highest BCUT2D eigenvalue weighted by molar-refractivity contribution is 6.06. The maximum atomic E-state index is 12.9. The van der Waals surface area contributed by atoms with Gasteiger partial charge in [0.2, 0.25) is 0 Å². The summed E-state index contributed by atoms with van der Waals surface area (Å²) in [7, 11) is 1.61. The first-order chi connectivity index (χ1) is 12.9. The zero-order valence-electron chi connectivity index (χ0n) is 16.3. The van der Waals surface area contributed by atoms with Gasteiger partial charge in [0.05, 0.1) is 24.2 Å². The van der Waals surface area contributed by atoms with Gasteiger partial charge in [-0.3, -0.25) is 4.79 Å². The summed E-state index contributed by atoms with van der Waals surface area (Å²) in [5.74, 6) is 0.446. The summed E-state index contributed by atoms with van der Waals surface area (Å²) in [6.07, 6.45) is 5.63. The van der Waals surface area contributed by atoms with Crippen LogP contribution in [0.2, 0.25) is 0 Å². The highest BCUT2D eigenvalue weighted by atomic mass is 16.5. The number of fused-ring (bicyclic) bond motifs is 1. The number of carbonyl (C=O) groups excluding carboxylic acids is 1. The summed E-state index contributed by atoms with van der Waals surface area (Å²) in [5.41, 5.74) is 4.19. The van der Waals surface area contributed by atoms with E-state index in [4.69, 9.17) is 4.74 Å². The van der Waals surface area contributed by atoms with Crippen molar-refractivity contribution in [2.45, 2.75) is 51.4 Å². The molecule has 0 unspecified atom stereocenters. The predicted octanol–water partition coefficient (Wildman–Crippen LogP) is 5.02. The summed E-state index contributed by atoms with van der Waals surface area (Å²) >= 11 is 0. The number of nitriles is 1. The van der Waals surface area contributed by atoms with E-state index in [0.29, 0.717) is 17.0 Å². The Morgan fingerprint density at radius 2 is 1.70 bits per heavy atom. The number of nitrogens with zero attached hydrogens (tertiary/aromatic N) is 1. The molecule has 140 valence electrons. The summed E-state index contributed by atoms with van der Waals surface area (Å²) in [4.78, 5) is 12.9. The Morgan fingerprint density at radius 1 is 1.07 bits per heavy atom. The molecule has 1 aliphatic rings. The van der Waals surface area contributed by atoms with Gasteiger partial charge in [0.25, 0.3) is 5.91 Å². The van der Waals surface area contributed by atoms with Crippen LogP contribution in [0.25, 0.3) is 0 Å². The molecular formula is C23H26N2O2. The van der Waals surface area contributed by atoms with Gasteiger partial charge in [0, 0.05) is 5.69 Å². The fourth-order valence-corrected chi connectivity index (χ4v) is 3.52. The molecule has 27 heavy (non-hydrogen) atoms. The number of methoxy groups -OCH3 is 1. The molecule has 0 radical (unpaired) electrons. The van der Waals surface area contributed by atoms with E-state index in [1.165, 1.54) is 24.0 Å². The maximum Gasteiger partial charge on any atom is 0.259 e. The molecular weight excluding hydrogens is 336 g/mol. The molecule has 0 spiro atoms. The summed E-state index contributed by atoms with van der Waals surface area (Å²) in [6.45, 7) is 3.75. The monoisotopic (exact) mass is 362 g/mol. The highest BCUT2D eigenvalue weighted by Crippen LogP contribution is 2.30. The van der Waals surface area contributed by atoms with E-state index < -0.39 is 5.41 Å². The average molecular weight is 362 g/mol. The molecule has 2 aromatic carbocycles. The number of hydrogen-bond donors (Lipinski definition) is 1. The molecule has 3 rings (SSSR count). The van der Waals surface area contributed by atoms with Crippen LogP contribution in [0.5, 0.6) is 5.75 Å². The van der Waals surface area contributed by atoms with Crippen LogP contribution in [0.15, 0.2) is 36.4 Å². The van der Waals surface area contributed by atoms with Crippen molar-refractivity contribution in [1.29, 1.82) is 5.26 Å². The van der Waals surface area contributed by atoms with Crippen LogP contribution in [-0.2, 0) is 18.3 Å². The smallest absolute Gasteiger partial charge is 0.259 e. The van der Waals surface area contributed by atoms with Crippen LogP contribution in [0.1, 0.15) is 60.2 Å². The van der Waals surface area contributed by atoms with Crippen molar-refractivity contribution < 1.29 is 9.53 Å². The molecule has 2 aromatic rings. The Bertz CT molecular complexity index is 876. The largest absolute Gasteiger partial charge is 0.496 e. The van der Waals surface area contributed by atoms with Crippen molar-refractivity contribution in [1.82, 2.24) is 0 Å². The maximum absolute atomic E-state index is 12.9. The molecule has 0 fully saturated rings. The topological polar surface area (TPSA) is 62.1 Å². The van der Waals surface area contributed by atoms with E-state index >= 15 is 0 Å². The number of carbonyl (C=O) groups is 1. The third-order valence-corrected chi connectivity index (χ3v) is 5.30. The van der Waals surface area contributed by atoms with Gasteiger partial charge in [-0.15, -0.1) is 0 Å². The Labute approximate surface area is 161 Å². The first kappa shape index (κ1) is 19.0. The Hall–Kier alpha value is -2.80. The van der Waals surface area contributed by atoms with Crippen LogP contribution in [0.3, 0.4) is 0 Å². The lowest BCUT2D eigenvalue weighted by atomic mass is 9.86. The standard InChI is InChI=1S/C23H26N2O2/c1-23(2,15-24)18-9-11-19(12-10-18)25-22(26)20-13-16-7-5-4-6-8-17(16)14-21(20)27-3/h9-14H,4-8H2,1-3H3,(H,25,26). The van der Waals surface area contributed by atoms with Gasteiger partial charge in [0.15, 0.2) is 0 Å². The summed E-state index contributed by atoms with van der Waals surface area (Å²) in [6, 6.07) is 13.7. The van der Waals surface area contributed by atoms with Crippen LogP contribution < -0.4 is 10.1 Å². The molecule has 0 saturated carbocycles. The van der Waals surface area contributed by atoms with Crippen molar-refractivity contribution in [3.63, 3.8) is 0 Å². The van der Waals surface area contributed by atoms with Gasteiger partial charge in [-0.05, 0) is 80.5 Å². The van der Waals surface area contributed by atoms with Gasteiger partial charge in [-0.1, -0.05) is 18.6 Å². The molecule has 1 N–H and O–H groups in total. The lowest BCUT2D eigenvalue weighted by Gasteiger charge is -2.17. The minimum atomic E-state index is -0.553. The fourth-order valence-electron chi connectivity index (χ4n) is 3.52. The van der Waals surface area contributed by atoms with E-state index in [9.17, 15) is 10.1 Å². The SMILES string of the molecule is COc1cc2c(cc1C(=O)Nc1ccc(C(C)(C)C#N)cc1)CCCCC2. The van der Waals surface area contributed by atoms with Gasteiger partial charge < -0.3 is 10.1 Å². The third-order valence-electron chi connectivity index (χ3n) is 5.30. The Balaban J connectivity index is 1.84. The quantitative estimate of drug-likeness (QED) is 0.777. The molecule has 4 nitrogen and oxygen atoms in total. The van der Waals surface area contributed by atoms with Crippen molar-refractivity contribution in [2.75, 3.05) is 12.4 Å². The number of benzene rings is 2. The van der Waals surface area contributed by atoms with Crippen molar-refractivity contribution in [3.05, 3.63) is 58.7 Å². The Kier molecular flexibility index (Phi) is 5.51. The molecule has 0 bridgehead atoms. The number of nitrogens with one attached hydrogen (secondary N) is 1. The number of anilines is 1. The third kappa shape index (κ3) is 4.14. The number of amides is 1. The van der Waals surface area contributed by atoms with Crippen LogP contribution >= 0.6 is 0 Å². The second kappa shape index (κ2) is 7.84. The lowest BCUT2D eigenvalue weighted by molar-refractivity contribution is 0.102. The minimum Gasteiger partial charge on any atom is -0.496 e. The molecule has 0 aliphatic heterocycles. The van der Waals surface area contributed by atoms with E-state index in [2.05, 4.69) is 11.4 Å². The fraction of sp³-hybridized carbons (Fsp3) is 0.391. The molecule has 0 saturated heterocycles. The van der Waals surface area contributed by atoms with Crippen LogP contribution in [0.4, 0.5) is 5.69 Å². The number of ether oxygens (including phenoxy) is 1. The van der Waals surface area contributed by atoms with Gasteiger partial charge >= 0.3 is 0 Å². The molecule has 4 heteroatoms. The van der Waals surface area contributed by atoms with Crippen LogP contribution in [-0.4, -0.2) is 13.0 Å². The minimum absolute atomic E-state index is 0.175. The van der Waals surface area contributed by atoms with E-state index in [1.807, 2.05) is 50.2 Å². The van der Waals surface area contributed by atoms with Gasteiger partial charge in [-0.2, -0.15) is 5.26 Å². The predicted molar refractivity (Wildman–Crippen MR) is 107 cm³/mol. The number of aryl methyl sites for hydroxylation is 2. The zero-order chi connectivity index (χ0) is 19.4. The first-order valence-corrected chi connectivity index (χ1v) is 9.47. The molecule has 0 heterocycles. The molecule has 1 aliphatic carbocycles. The van der Waals surface area contributed by atoms with E-state index in [0.717, 1.165) is 24.8 Å². The first-order valence-electron chi connectivity index (χ1n) is 9.47. The van der Waals surface area contributed by atoms with Crippen molar-refractivity contribution in [2.24, 2.45) is 0 Å². The normalized spacial score (nSPS) is 13.9. The number of rotatable bonds is 4. The van der Waals surface area contributed by atoms with Crippen molar-refractivity contribution in [3.8, 4) is 11.8 Å². The molecule has 0 atom stereocenters. The zero-order valence-corrected chi connectivity index (χ0v) is 16.3. The second-order valence-electron chi connectivity index (χ2n) is 7.65. The Morgan fingerprint density at radius 3 is 2.30 bits per heavy atom. The molecule has 0 aromatic heterocycles. The van der Waals surface area contributed by atoms with Gasteiger partial charge in [-0.25, -0.2) is 0 Å². The average Bonchev–Trinajstić information content (AvgIpc) is 2.92. The summed E-state index contributed by atoms with van der Waals surface area (Å²) < 4.78 is 5.49. The summed E-state index contributed by atoms with van der Waals surface area (Å²) in [5, 5.41) is 12.2. The van der Waals surface area contributed by atoms with Crippen molar-refractivity contribution >= 4 is 11.6 Å². The number of hydrogen-bond acceptors (Lipinski definition) is 3. The lowest BCUT2D eigenvalue weighted by Crippen LogP contribution is -2.16. The van der Waals surface area contributed by atoms with Crippen LogP contribution in [0, 0.1) is 11.3 Å².